The molecule has 1 aromatic rings. The number of fused-ring (bicyclic) bond motifs is 2. The number of hydrogen-bond donors (Lipinski definition) is 2. The Hall–Kier alpha value is -2.52. The van der Waals surface area contributed by atoms with Gasteiger partial charge in [-0.15, -0.1) is 5.10 Å². The lowest BCUT2D eigenvalue weighted by Crippen LogP contribution is -2.41. The van der Waals surface area contributed by atoms with E-state index in [2.05, 4.69) is 52.8 Å². The zero-order chi connectivity index (χ0) is 36.4. The van der Waals surface area contributed by atoms with Crippen molar-refractivity contribution < 1.29 is 52.3 Å². The fourth-order valence-corrected chi connectivity index (χ4v) is 6.75. The van der Waals surface area contributed by atoms with Gasteiger partial charge in [0, 0.05) is 20.2 Å². The first-order valence-corrected chi connectivity index (χ1v) is 18.8. The largest absolute Gasteiger partial charge is 0.449 e. The maximum Gasteiger partial charge on any atom is 0.407 e. The molecule has 1 saturated carbocycles. The van der Waals surface area contributed by atoms with Gasteiger partial charge in [0.15, 0.2) is 0 Å². The lowest BCUT2D eigenvalue weighted by atomic mass is 10.0. The number of aryl methyl sites for hydroxylation is 1. The van der Waals surface area contributed by atoms with Crippen LogP contribution in [0, 0.1) is 17.8 Å². The molecule has 1 aromatic heterocycles. The quantitative estimate of drug-likeness (QED) is 0.105. The van der Waals surface area contributed by atoms with E-state index in [4.69, 9.17) is 33.2 Å². The highest BCUT2D eigenvalue weighted by Crippen LogP contribution is 2.52. The van der Waals surface area contributed by atoms with E-state index in [-0.39, 0.29) is 28.7 Å². The molecule has 0 bridgehead atoms. The molecule has 2 aliphatic carbocycles. The Balaban J connectivity index is 0.958. The SMILES string of the molecule is COCCOCCOCCOCCn1nnc2c1CC[C@H]1[C@@H](CC2)[C@H]1COC(=O)NCCOCCOCCNC(=O)CN1C(=O)C(Br)=C(Br)C1=O. The molecule has 19 heteroatoms. The minimum absolute atomic E-state index is 0.0918. The van der Waals surface area contributed by atoms with Crippen molar-refractivity contribution in [3.63, 3.8) is 0 Å². The van der Waals surface area contributed by atoms with Crippen LogP contribution in [-0.2, 0) is 66.9 Å². The van der Waals surface area contributed by atoms with E-state index in [0.717, 1.165) is 36.3 Å². The van der Waals surface area contributed by atoms with Gasteiger partial charge in [0.1, 0.15) is 15.5 Å². The zero-order valence-corrected chi connectivity index (χ0v) is 32.1. The van der Waals surface area contributed by atoms with Crippen LogP contribution in [0.1, 0.15) is 24.2 Å². The summed E-state index contributed by atoms with van der Waals surface area (Å²) in [5.41, 5.74) is 2.23. The van der Waals surface area contributed by atoms with Crippen molar-refractivity contribution >= 4 is 55.7 Å². The number of ether oxygens (including phenoxy) is 7. The van der Waals surface area contributed by atoms with Gasteiger partial charge in [-0.3, -0.25) is 19.3 Å². The number of aromatic nitrogens is 3. The van der Waals surface area contributed by atoms with Crippen molar-refractivity contribution in [2.24, 2.45) is 17.8 Å². The molecule has 3 aliphatic rings. The van der Waals surface area contributed by atoms with Gasteiger partial charge in [-0.2, -0.15) is 0 Å². The Morgan fingerprint density at radius 3 is 1.94 bits per heavy atom. The summed E-state index contributed by atoms with van der Waals surface area (Å²) in [6.07, 6.45) is 3.32. The standard InChI is InChI=1S/C32H48Br2N6O11/c1-45-12-13-49-18-19-50-17-16-48-11-8-40-26-5-3-23-22(2-4-25(26)37-38-40)24(23)21-51-32(44)36-7-10-47-15-14-46-9-6-35-27(41)20-39-30(42)28(33)29(34)31(39)43/h22-24H,2-21H2,1H3,(H,35,41)(H,36,44)/t22-,23+,24-/m1/s1. The molecule has 4 amide bonds. The van der Waals surface area contributed by atoms with E-state index in [9.17, 15) is 19.2 Å². The van der Waals surface area contributed by atoms with E-state index >= 15 is 0 Å². The smallest absolute Gasteiger partial charge is 0.407 e. The molecule has 1 fully saturated rings. The Morgan fingerprint density at radius 1 is 0.765 bits per heavy atom. The van der Waals surface area contributed by atoms with Crippen LogP contribution in [0.25, 0.3) is 0 Å². The predicted molar refractivity (Wildman–Crippen MR) is 187 cm³/mol. The minimum Gasteiger partial charge on any atom is -0.449 e. The molecule has 0 radical (unpaired) electrons. The summed E-state index contributed by atoms with van der Waals surface area (Å²) in [6, 6.07) is 0. The normalized spacial score (nSPS) is 19.8. The molecule has 1 aliphatic heterocycles. The van der Waals surface area contributed by atoms with E-state index in [1.807, 2.05) is 4.68 Å². The summed E-state index contributed by atoms with van der Waals surface area (Å²) < 4.78 is 40.1. The maximum atomic E-state index is 12.2. The second-order valence-corrected chi connectivity index (χ2v) is 13.6. The van der Waals surface area contributed by atoms with Crippen LogP contribution < -0.4 is 10.6 Å². The average molecular weight is 853 g/mol. The number of amides is 4. The minimum atomic E-state index is -0.569. The topological polar surface area (TPSA) is 191 Å². The third-order valence-electron chi connectivity index (χ3n) is 8.70. The Labute approximate surface area is 314 Å². The fraction of sp³-hybridized carbons (Fsp3) is 0.750. The lowest BCUT2D eigenvalue weighted by Gasteiger charge is -2.14. The van der Waals surface area contributed by atoms with Gasteiger partial charge in [0.05, 0.1) is 97.2 Å². The molecule has 0 unspecified atom stereocenters. The molecule has 51 heavy (non-hydrogen) atoms. The highest BCUT2D eigenvalue weighted by Gasteiger charge is 2.50. The summed E-state index contributed by atoms with van der Waals surface area (Å²) in [4.78, 5) is 49.0. The number of carbonyl (C=O) groups is 4. The van der Waals surface area contributed by atoms with E-state index < -0.39 is 23.8 Å². The number of rotatable bonds is 25. The summed E-state index contributed by atoms with van der Waals surface area (Å²) >= 11 is 6.04. The number of nitrogens with one attached hydrogen (secondary N) is 2. The number of methoxy groups -OCH3 is 1. The van der Waals surface area contributed by atoms with E-state index in [1.165, 1.54) is 5.69 Å². The molecule has 2 N–H and O–H groups in total. The van der Waals surface area contributed by atoms with Gasteiger partial charge >= 0.3 is 6.09 Å². The molecule has 3 atom stereocenters. The maximum absolute atomic E-state index is 12.2. The Morgan fingerprint density at radius 2 is 1.31 bits per heavy atom. The highest BCUT2D eigenvalue weighted by molar-refractivity contribution is 9.14. The highest BCUT2D eigenvalue weighted by atomic mass is 79.9. The number of halogens is 2. The van der Waals surface area contributed by atoms with Crippen LogP contribution in [0.2, 0.25) is 0 Å². The van der Waals surface area contributed by atoms with Crippen LogP contribution in [-0.4, -0.2) is 150 Å². The van der Waals surface area contributed by atoms with Crippen LogP contribution in [0.4, 0.5) is 4.79 Å². The van der Waals surface area contributed by atoms with Gasteiger partial charge in [-0.05, 0) is 75.3 Å². The number of nitrogens with zero attached hydrogens (tertiary/aromatic N) is 4. The van der Waals surface area contributed by atoms with Crippen LogP contribution >= 0.6 is 31.9 Å². The zero-order valence-electron chi connectivity index (χ0n) is 28.9. The Kier molecular flexibility index (Phi) is 18.2. The molecule has 0 spiro atoms. The fourth-order valence-electron chi connectivity index (χ4n) is 5.98. The molecule has 2 heterocycles. The number of imide groups is 1. The first-order valence-electron chi connectivity index (χ1n) is 17.2. The molecular formula is C32H48Br2N6O11. The predicted octanol–water partition coefficient (Wildman–Crippen LogP) is 0.961. The molecule has 0 aromatic carbocycles. The first-order chi connectivity index (χ1) is 24.8. The van der Waals surface area contributed by atoms with Crippen molar-refractivity contribution in [2.75, 3.05) is 106 Å². The van der Waals surface area contributed by atoms with Crippen molar-refractivity contribution in [3.05, 3.63) is 20.4 Å². The van der Waals surface area contributed by atoms with Gasteiger partial charge in [-0.1, -0.05) is 5.21 Å². The number of alkyl carbamates (subject to hydrolysis) is 1. The summed E-state index contributed by atoms with van der Waals surface area (Å²) in [5, 5.41) is 14.1. The molecule has 286 valence electrons. The van der Waals surface area contributed by atoms with E-state index in [0.29, 0.717) is 104 Å². The third kappa shape index (κ3) is 13.4. The second-order valence-electron chi connectivity index (χ2n) is 12.0. The summed E-state index contributed by atoms with van der Waals surface area (Å²) in [6.45, 7) is 6.07. The van der Waals surface area contributed by atoms with E-state index in [1.54, 1.807) is 7.11 Å². The first kappa shape index (κ1) is 41.2. The van der Waals surface area contributed by atoms with Crippen LogP contribution in [0.5, 0.6) is 0 Å². The van der Waals surface area contributed by atoms with Crippen molar-refractivity contribution in [1.29, 1.82) is 0 Å². The summed E-state index contributed by atoms with van der Waals surface area (Å²) in [5.74, 6) is -0.197. The molecule has 17 nitrogen and oxygen atoms in total. The number of carbonyl (C=O) groups excluding carboxylic acids is 4. The monoisotopic (exact) mass is 850 g/mol. The van der Waals surface area contributed by atoms with Crippen LogP contribution in [0.3, 0.4) is 0 Å². The van der Waals surface area contributed by atoms with Gasteiger partial charge in [0.2, 0.25) is 5.91 Å². The molecular weight excluding hydrogens is 804 g/mol. The number of hydrogen-bond acceptors (Lipinski definition) is 13. The van der Waals surface area contributed by atoms with Crippen molar-refractivity contribution in [2.45, 2.75) is 32.2 Å². The van der Waals surface area contributed by atoms with Gasteiger partial charge in [-0.25, -0.2) is 9.48 Å². The van der Waals surface area contributed by atoms with Crippen molar-refractivity contribution in [3.8, 4) is 0 Å². The average Bonchev–Trinajstić information content (AvgIpc) is 3.57. The molecule has 0 saturated heterocycles. The molecule has 4 rings (SSSR count). The third-order valence-corrected chi connectivity index (χ3v) is 10.7. The lowest BCUT2D eigenvalue weighted by molar-refractivity contribution is -0.141. The Bertz CT molecular complexity index is 1310. The second kappa shape index (κ2) is 22.5. The van der Waals surface area contributed by atoms with Gasteiger partial charge < -0.3 is 43.8 Å². The van der Waals surface area contributed by atoms with Crippen LogP contribution in [0.15, 0.2) is 8.96 Å². The van der Waals surface area contributed by atoms with Crippen molar-refractivity contribution in [1.82, 2.24) is 30.5 Å². The van der Waals surface area contributed by atoms with Gasteiger partial charge in [0.25, 0.3) is 11.8 Å². The summed E-state index contributed by atoms with van der Waals surface area (Å²) in [7, 11) is 1.64.